The average molecular weight is 324 g/mol. The van der Waals surface area contributed by atoms with Crippen LogP contribution in [0.2, 0.25) is 5.02 Å². The highest BCUT2D eigenvalue weighted by molar-refractivity contribution is 7.10. The lowest BCUT2D eigenvalue weighted by molar-refractivity contribution is 0.0908. The molecule has 2 heterocycles. The summed E-state index contributed by atoms with van der Waals surface area (Å²) in [5.74, 6) is 0.459. The molecule has 0 aliphatic rings. The van der Waals surface area contributed by atoms with Crippen molar-refractivity contribution in [3.63, 3.8) is 0 Å². The number of halogens is 1. The molecule has 0 aliphatic heterocycles. The number of hydrogen-bond donors (Lipinski definition) is 1. The summed E-state index contributed by atoms with van der Waals surface area (Å²) < 4.78 is 0. The molecule has 0 aromatic carbocycles. The number of nitrogens with one attached hydrogen (secondary N) is 1. The van der Waals surface area contributed by atoms with Gasteiger partial charge >= 0.3 is 0 Å². The molecule has 2 aromatic heterocycles. The standard InChI is InChI=1S/C15H18ClN3OS/c1-9(2)13-17-8-10(16)12(18-13)14(20)19-15(3,4)11-6-5-7-21-11/h5-9H,1-4H3,(H,19,20). The Bertz CT molecular complexity index is 638. The molecular formula is C15H18ClN3OS. The zero-order chi connectivity index (χ0) is 15.6. The van der Waals surface area contributed by atoms with Crippen LogP contribution in [-0.2, 0) is 5.54 Å². The van der Waals surface area contributed by atoms with Crippen LogP contribution in [0.15, 0.2) is 23.7 Å². The largest absolute Gasteiger partial charge is 0.341 e. The van der Waals surface area contributed by atoms with E-state index in [1.807, 2.05) is 45.2 Å². The molecule has 4 nitrogen and oxygen atoms in total. The predicted molar refractivity (Wildman–Crippen MR) is 85.9 cm³/mol. The highest BCUT2D eigenvalue weighted by Gasteiger charge is 2.26. The Morgan fingerprint density at radius 1 is 1.43 bits per heavy atom. The van der Waals surface area contributed by atoms with Crippen LogP contribution in [0.1, 0.15) is 54.8 Å². The number of amides is 1. The van der Waals surface area contributed by atoms with Gasteiger partial charge in [-0.3, -0.25) is 4.79 Å². The van der Waals surface area contributed by atoms with E-state index in [-0.39, 0.29) is 22.5 Å². The van der Waals surface area contributed by atoms with Gasteiger partial charge in [-0.1, -0.05) is 31.5 Å². The molecule has 0 aliphatic carbocycles. The van der Waals surface area contributed by atoms with Gasteiger partial charge in [-0.15, -0.1) is 11.3 Å². The third kappa shape index (κ3) is 3.60. The van der Waals surface area contributed by atoms with Gasteiger partial charge in [0, 0.05) is 10.8 Å². The molecule has 0 fully saturated rings. The molecule has 1 amide bonds. The topological polar surface area (TPSA) is 54.9 Å². The van der Waals surface area contributed by atoms with Crippen LogP contribution in [0.5, 0.6) is 0 Å². The summed E-state index contributed by atoms with van der Waals surface area (Å²) in [7, 11) is 0. The van der Waals surface area contributed by atoms with Crippen LogP contribution in [0, 0.1) is 0 Å². The normalized spacial score (nSPS) is 11.7. The first-order chi connectivity index (χ1) is 9.81. The van der Waals surface area contributed by atoms with Crippen molar-refractivity contribution in [3.8, 4) is 0 Å². The van der Waals surface area contributed by atoms with Crippen molar-refractivity contribution in [3.05, 3.63) is 45.1 Å². The summed E-state index contributed by atoms with van der Waals surface area (Å²) in [6.45, 7) is 7.85. The molecule has 0 bridgehead atoms. The minimum absolute atomic E-state index is 0.138. The Hall–Kier alpha value is -1.46. The highest BCUT2D eigenvalue weighted by atomic mass is 35.5. The van der Waals surface area contributed by atoms with Crippen molar-refractivity contribution in [2.75, 3.05) is 0 Å². The van der Waals surface area contributed by atoms with Crippen LogP contribution in [0.3, 0.4) is 0 Å². The van der Waals surface area contributed by atoms with Gasteiger partial charge in [-0.2, -0.15) is 0 Å². The fraction of sp³-hybridized carbons (Fsp3) is 0.400. The molecule has 6 heteroatoms. The summed E-state index contributed by atoms with van der Waals surface area (Å²) >= 11 is 7.67. The zero-order valence-corrected chi connectivity index (χ0v) is 14.0. The minimum atomic E-state index is -0.475. The number of nitrogens with zero attached hydrogens (tertiary/aromatic N) is 2. The second-order valence-corrected chi connectivity index (χ2v) is 6.99. The molecule has 2 aromatic rings. The Labute approximate surface area is 133 Å². The van der Waals surface area contributed by atoms with Crippen molar-refractivity contribution in [2.24, 2.45) is 0 Å². The van der Waals surface area contributed by atoms with Crippen LogP contribution in [0.25, 0.3) is 0 Å². The summed E-state index contributed by atoms with van der Waals surface area (Å²) in [6, 6.07) is 3.95. The summed E-state index contributed by atoms with van der Waals surface area (Å²) in [6.07, 6.45) is 1.48. The fourth-order valence-electron chi connectivity index (χ4n) is 1.86. The van der Waals surface area contributed by atoms with Crippen molar-refractivity contribution in [2.45, 2.75) is 39.2 Å². The van der Waals surface area contributed by atoms with Crippen molar-refractivity contribution < 1.29 is 4.79 Å². The Morgan fingerprint density at radius 3 is 2.71 bits per heavy atom. The van der Waals surface area contributed by atoms with Gasteiger partial charge in [0.25, 0.3) is 5.91 Å². The van der Waals surface area contributed by atoms with Gasteiger partial charge in [-0.25, -0.2) is 9.97 Å². The van der Waals surface area contributed by atoms with Crippen LogP contribution in [-0.4, -0.2) is 15.9 Å². The van der Waals surface area contributed by atoms with Gasteiger partial charge in [0.05, 0.1) is 16.8 Å². The van der Waals surface area contributed by atoms with E-state index in [0.717, 1.165) is 4.88 Å². The molecule has 112 valence electrons. The molecule has 1 N–H and O–H groups in total. The third-order valence-electron chi connectivity index (χ3n) is 3.06. The second-order valence-electron chi connectivity index (χ2n) is 5.64. The smallest absolute Gasteiger partial charge is 0.272 e. The fourth-order valence-corrected chi connectivity index (χ4v) is 2.84. The van der Waals surface area contributed by atoms with Gasteiger partial charge in [0.2, 0.25) is 0 Å². The van der Waals surface area contributed by atoms with E-state index in [4.69, 9.17) is 11.6 Å². The SMILES string of the molecule is CC(C)c1ncc(Cl)c(C(=O)NC(C)(C)c2cccs2)n1. The van der Waals surface area contributed by atoms with E-state index in [9.17, 15) is 4.79 Å². The maximum atomic E-state index is 12.5. The lowest BCUT2D eigenvalue weighted by atomic mass is 10.0. The zero-order valence-electron chi connectivity index (χ0n) is 12.5. The number of carbonyl (C=O) groups excluding carboxylic acids is 1. The Kier molecular flexibility index (Phi) is 4.64. The van der Waals surface area contributed by atoms with Crippen LogP contribution >= 0.6 is 22.9 Å². The predicted octanol–water partition coefficient (Wildman–Crippen LogP) is 3.98. The molecule has 2 rings (SSSR count). The minimum Gasteiger partial charge on any atom is -0.341 e. The number of hydrogen-bond acceptors (Lipinski definition) is 4. The quantitative estimate of drug-likeness (QED) is 0.926. The molecule has 0 spiro atoms. The van der Waals surface area contributed by atoms with E-state index in [1.54, 1.807) is 11.3 Å². The molecule has 0 atom stereocenters. The summed E-state index contributed by atoms with van der Waals surface area (Å²) in [4.78, 5) is 22.0. The van der Waals surface area contributed by atoms with Gasteiger partial charge in [-0.05, 0) is 25.3 Å². The van der Waals surface area contributed by atoms with E-state index in [1.165, 1.54) is 6.20 Å². The number of thiophene rings is 1. The maximum absolute atomic E-state index is 12.5. The third-order valence-corrected chi connectivity index (χ3v) is 4.53. The Morgan fingerprint density at radius 2 is 2.14 bits per heavy atom. The summed E-state index contributed by atoms with van der Waals surface area (Å²) in [5, 5.41) is 5.23. The van der Waals surface area contributed by atoms with Crippen molar-refractivity contribution >= 4 is 28.8 Å². The molecule has 0 saturated heterocycles. The van der Waals surface area contributed by atoms with E-state index in [2.05, 4.69) is 15.3 Å². The lowest BCUT2D eigenvalue weighted by Crippen LogP contribution is -2.41. The lowest BCUT2D eigenvalue weighted by Gasteiger charge is -2.25. The molecule has 0 radical (unpaired) electrons. The first kappa shape index (κ1) is 15.9. The number of carbonyl (C=O) groups is 1. The first-order valence-corrected chi connectivity index (χ1v) is 7.96. The summed E-state index contributed by atoms with van der Waals surface area (Å²) in [5.41, 5.74) is -0.252. The average Bonchev–Trinajstić information content (AvgIpc) is 2.92. The first-order valence-electron chi connectivity index (χ1n) is 6.70. The Balaban J connectivity index is 2.26. The van der Waals surface area contributed by atoms with Crippen LogP contribution in [0.4, 0.5) is 0 Å². The monoisotopic (exact) mass is 323 g/mol. The maximum Gasteiger partial charge on any atom is 0.272 e. The molecule has 0 saturated carbocycles. The van der Waals surface area contributed by atoms with Gasteiger partial charge in [0.1, 0.15) is 11.5 Å². The molecule has 0 unspecified atom stereocenters. The van der Waals surface area contributed by atoms with E-state index in [0.29, 0.717) is 5.82 Å². The van der Waals surface area contributed by atoms with E-state index >= 15 is 0 Å². The van der Waals surface area contributed by atoms with E-state index < -0.39 is 5.54 Å². The molecular weight excluding hydrogens is 306 g/mol. The number of aromatic nitrogens is 2. The second kappa shape index (κ2) is 6.12. The van der Waals surface area contributed by atoms with Gasteiger partial charge < -0.3 is 5.32 Å². The highest BCUT2D eigenvalue weighted by Crippen LogP contribution is 2.26. The van der Waals surface area contributed by atoms with Crippen molar-refractivity contribution in [1.82, 2.24) is 15.3 Å². The van der Waals surface area contributed by atoms with Crippen LogP contribution < -0.4 is 5.32 Å². The molecule has 21 heavy (non-hydrogen) atoms. The number of rotatable bonds is 4. The van der Waals surface area contributed by atoms with Crippen molar-refractivity contribution in [1.29, 1.82) is 0 Å². The van der Waals surface area contributed by atoms with Gasteiger partial charge in [0.15, 0.2) is 0 Å².